The first kappa shape index (κ1) is 21.0. The lowest BCUT2D eigenvalue weighted by Gasteiger charge is -2.26. The number of halogens is 1. The number of carbonyl (C=O) groups is 1. The van der Waals surface area contributed by atoms with Crippen molar-refractivity contribution < 1.29 is 9.21 Å². The largest absolute Gasteiger partial charge is 0.423 e. The number of oxazole rings is 1. The van der Waals surface area contributed by atoms with E-state index in [1.165, 1.54) is 5.57 Å². The summed E-state index contributed by atoms with van der Waals surface area (Å²) < 4.78 is 5.86. The van der Waals surface area contributed by atoms with Crippen molar-refractivity contribution in [2.75, 3.05) is 18.4 Å². The lowest BCUT2D eigenvalue weighted by atomic mass is 9.97. The summed E-state index contributed by atoms with van der Waals surface area (Å²) in [6.45, 7) is 1.33. The van der Waals surface area contributed by atoms with Gasteiger partial charge in [-0.2, -0.15) is 0 Å². The van der Waals surface area contributed by atoms with Gasteiger partial charge in [-0.1, -0.05) is 66.2 Å². The molecule has 33 heavy (non-hydrogen) atoms. The SMILES string of the molecule is O=C(c1ccccc1)N1CC=C(c2ccc(-c3cnc(Nc4cccc(Cl)c4)o3)cc2)CC1. The molecule has 0 radical (unpaired) electrons. The van der Waals surface area contributed by atoms with Crippen LogP contribution in [0.15, 0.2) is 95.6 Å². The summed E-state index contributed by atoms with van der Waals surface area (Å²) in [7, 11) is 0. The van der Waals surface area contributed by atoms with Crippen LogP contribution in [0.2, 0.25) is 5.02 Å². The third kappa shape index (κ3) is 4.83. The maximum Gasteiger partial charge on any atom is 0.299 e. The minimum Gasteiger partial charge on any atom is -0.423 e. The molecule has 2 heterocycles. The molecule has 5 rings (SSSR count). The molecule has 1 aliphatic rings. The van der Waals surface area contributed by atoms with Crippen LogP contribution in [0.25, 0.3) is 16.9 Å². The molecule has 0 unspecified atom stereocenters. The number of carbonyl (C=O) groups excluding carboxylic acids is 1. The molecule has 0 atom stereocenters. The van der Waals surface area contributed by atoms with Gasteiger partial charge < -0.3 is 14.6 Å². The Morgan fingerprint density at radius 2 is 1.76 bits per heavy atom. The van der Waals surface area contributed by atoms with Crippen molar-refractivity contribution >= 4 is 34.8 Å². The van der Waals surface area contributed by atoms with E-state index in [-0.39, 0.29) is 5.91 Å². The van der Waals surface area contributed by atoms with Gasteiger partial charge in [-0.25, -0.2) is 4.98 Å². The summed E-state index contributed by atoms with van der Waals surface area (Å²) >= 11 is 6.03. The van der Waals surface area contributed by atoms with E-state index in [1.807, 2.05) is 71.6 Å². The molecule has 4 aromatic rings. The number of anilines is 2. The van der Waals surface area contributed by atoms with Crippen molar-refractivity contribution in [3.8, 4) is 11.3 Å². The molecule has 164 valence electrons. The Hall–Kier alpha value is -3.83. The van der Waals surface area contributed by atoms with E-state index in [9.17, 15) is 4.79 Å². The van der Waals surface area contributed by atoms with Crippen molar-refractivity contribution in [3.05, 3.63) is 107 Å². The van der Waals surface area contributed by atoms with Gasteiger partial charge in [0.25, 0.3) is 11.9 Å². The van der Waals surface area contributed by atoms with Crippen LogP contribution < -0.4 is 5.32 Å². The van der Waals surface area contributed by atoms with Gasteiger partial charge in [-0.15, -0.1) is 0 Å². The number of nitrogens with one attached hydrogen (secondary N) is 1. The summed E-state index contributed by atoms with van der Waals surface area (Å²) in [5.74, 6) is 0.761. The van der Waals surface area contributed by atoms with Crippen LogP contribution in [0.4, 0.5) is 11.7 Å². The maximum atomic E-state index is 12.6. The molecule has 1 amide bonds. The molecule has 1 N–H and O–H groups in total. The highest BCUT2D eigenvalue weighted by atomic mass is 35.5. The highest BCUT2D eigenvalue weighted by molar-refractivity contribution is 6.30. The first-order valence-electron chi connectivity index (χ1n) is 10.8. The van der Waals surface area contributed by atoms with E-state index in [0.717, 1.165) is 28.8 Å². The van der Waals surface area contributed by atoms with Crippen molar-refractivity contribution in [1.29, 1.82) is 0 Å². The predicted molar refractivity (Wildman–Crippen MR) is 132 cm³/mol. The molecule has 3 aromatic carbocycles. The molecule has 0 aliphatic carbocycles. The molecule has 0 spiro atoms. The van der Waals surface area contributed by atoms with Crippen LogP contribution in [0, 0.1) is 0 Å². The topological polar surface area (TPSA) is 58.4 Å². The van der Waals surface area contributed by atoms with Crippen LogP contribution in [-0.4, -0.2) is 28.9 Å². The van der Waals surface area contributed by atoms with Crippen molar-refractivity contribution in [2.45, 2.75) is 6.42 Å². The van der Waals surface area contributed by atoms with Gasteiger partial charge in [0.2, 0.25) is 0 Å². The minimum absolute atomic E-state index is 0.0776. The summed E-state index contributed by atoms with van der Waals surface area (Å²) in [6.07, 6.45) is 4.67. The number of nitrogens with zero attached hydrogens (tertiary/aromatic N) is 2. The van der Waals surface area contributed by atoms with Crippen molar-refractivity contribution in [2.24, 2.45) is 0 Å². The van der Waals surface area contributed by atoms with E-state index >= 15 is 0 Å². The van der Waals surface area contributed by atoms with Crippen LogP contribution >= 0.6 is 11.6 Å². The Labute approximate surface area is 197 Å². The van der Waals surface area contributed by atoms with Crippen LogP contribution in [-0.2, 0) is 0 Å². The highest BCUT2D eigenvalue weighted by Crippen LogP contribution is 2.29. The predicted octanol–water partition coefficient (Wildman–Crippen LogP) is 6.67. The van der Waals surface area contributed by atoms with Gasteiger partial charge in [0.15, 0.2) is 5.76 Å². The third-order valence-corrected chi connectivity index (χ3v) is 5.87. The number of hydrogen-bond donors (Lipinski definition) is 1. The van der Waals surface area contributed by atoms with E-state index in [4.69, 9.17) is 16.0 Å². The smallest absolute Gasteiger partial charge is 0.299 e. The lowest BCUT2D eigenvalue weighted by Crippen LogP contribution is -2.34. The molecule has 1 aliphatic heterocycles. The highest BCUT2D eigenvalue weighted by Gasteiger charge is 2.19. The summed E-state index contributed by atoms with van der Waals surface area (Å²) in [5, 5.41) is 3.76. The lowest BCUT2D eigenvalue weighted by molar-refractivity contribution is 0.0773. The minimum atomic E-state index is 0.0776. The normalized spacial score (nSPS) is 13.5. The zero-order chi connectivity index (χ0) is 22.6. The van der Waals surface area contributed by atoms with Gasteiger partial charge in [0.1, 0.15) is 0 Å². The molecule has 1 aromatic heterocycles. The Bertz CT molecular complexity index is 1300. The van der Waals surface area contributed by atoms with E-state index in [0.29, 0.717) is 29.9 Å². The van der Waals surface area contributed by atoms with Gasteiger partial charge in [-0.3, -0.25) is 4.79 Å². The maximum absolute atomic E-state index is 12.6. The van der Waals surface area contributed by atoms with E-state index in [1.54, 1.807) is 6.20 Å². The Morgan fingerprint density at radius 1 is 0.970 bits per heavy atom. The van der Waals surface area contributed by atoms with Crippen LogP contribution in [0.1, 0.15) is 22.3 Å². The standard InChI is InChI=1S/C27H22ClN3O2/c28-23-7-4-8-24(17-23)30-27-29-18-25(33-27)21-11-9-19(10-12-21)20-13-15-31(16-14-20)26(32)22-5-2-1-3-6-22/h1-13,17-18H,14-16H2,(H,29,30). The molecule has 0 fully saturated rings. The second-order valence-electron chi connectivity index (χ2n) is 7.84. The van der Waals surface area contributed by atoms with E-state index in [2.05, 4.69) is 28.5 Å². The number of hydrogen-bond acceptors (Lipinski definition) is 4. The summed E-state index contributed by atoms with van der Waals surface area (Å²) in [5.41, 5.74) is 4.90. The van der Waals surface area contributed by atoms with Crippen LogP contribution in [0.3, 0.4) is 0 Å². The molecular weight excluding hydrogens is 434 g/mol. The molecule has 0 bridgehead atoms. The van der Waals surface area contributed by atoms with Gasteiger partial charge in [0.05, 0.1) is 6.20 Å². The quantitative estimate of drug-likeness (QED) is 0.365. The second kappa shape index (κ2) is 9.35. The van der Waals surface area contributed by atoms with Gasteiger partial charge in [0, 0.05) is 34.9 Å². The van der Waals surface area contributed by atoms with Crippen LogP contribution in [0.5, 0.6) is 0 Å². The summed E-state index contributed by atoms with van der Waals surface area (Å²) in [4.78, 5) is 18.8. The van der Waals surface area contributed by atoms with Crippen molar-refractivity contribution in [3.63, 3.8) is 0 Å². The molecule has 0 saturated carbocycles. The Balaban J connectivity index is 1.24. The second-order valence-corrected chi connectivity index (χ2v) is 8.28. The zero-order valence-corrected chi connectivity index (χ0v) is 18.6. The average molecular weight is 456 g/mol. The number of amides is 1. The fourth-order valence-corrected chi connectivity index (χ4v) is 4.07. The molecule has 5 nitrogen and oxygen atoms in total. The molecule has 0 saturated heterocycles. The van der Waals surface area contributed by atoms with Gasteiger partial charge in [-0.05, 0) is 47.9 Å². The average Bonchev–Trinajstić information content (AvgIpc) is 3.33. The first-order valence-corrected chi connectivity index (χ1v) is 11.2. The number of rotatable bonds is 5. The molecule has 6 heteroatoms. The Morgan fingerprint density at radius 3 is 2.48 bits per heavy atom. The fourth-order valence-electron chi connectivity index (χ4n) is 3.88. The third-order valence-electron chi connectivity index (χ3n) is 5.64. The van der Waals surface area contributed by atoms with Crippen molar-refractivity contribution in [1.82, 2.24) is 9.88 Å². The zero-order valence-electron chi connectivity index (χ0n) is 17.9. The summed E-state index contributed by atoms with van der Waals surface area (Å²) in [6, 6.07) is 25.5. The number of benzene rings is 3. The fraction of sp³-hybridized carbons (Fsp3) is 0.111. The monoisotopic (exact) mass is 455 g/mol. The van der Waals surface area contributed by atoms with Gasteiger partial charge >= 0.3 is 0 Å². The first-order chi connectivity index (χ1) is 16.2. The van der Waals surface area contributed by atoms with E-state index < -0.39 is 0 Å². The molecular formula is C27H22ClN3O2. The number of aromatic nitrogens is 1. The Kier molecular flexibility index (Phi) is 5.96.